The number of nitrogens with zero attached hydrogens (tertiary/aromatic N) is 4. The Hall–Kier alpha value is -3.08. The van der Waals surface area contributed by atoms with E-state index >= 15 is 0 Å². The summed E-state index contributed by atoms with van der Waals surface area (Å²) < 4.78 is 2.02. The number of hydrogen-bond acceptors (Lipinski definition) is 4. The second-order valence-electron chi connectivity index (χ2n) is 6.67. The molecule has 0 radical (unpaired) electrons. The van der Waals surface area contributed by atoms with Crippen LogP contribution in [0.15, 0.2) is 42.9 Å². The molecule has 5 heteroatoms. The molecule has 4 aromatic rings. The Kier molecular flexibility index (Phi) is 3.39. The Balaban J connectivity index is 2.21. The fourth-order valence-electron chi connectivity index (χ4n) is 3.45. The highest BCUT2D eigenvalue weighted by Gasteiger charge is 2.16. The van der Waals surface area contributed by atoms with Gasteiger partial charge in [-0.2, -0.15) is 0 Å². The smallest absolute Gasteiger partial charge is 0.150 e. The third kappa shape index (κ3) is 2.31. The minimum absolute atomic E-state index is 0.495. The van der Waals surface area contributed by atoms with Gasteiger partial charge >= 0.3 is 0 Å². The van der Waals surface area contributed by atoms with E-state index in [1.165, 1.54) is 16.7 Å². The molecule has 4 rings (SSSR count). The van der Waals surface area contributed by atoms with Crippen LogP contribution in [0.2, 0.25) is 0 Å². The van der Waals surface area contributed by atoms with Gasteiger partial charge in [-0.1, -0.05) is 18.2 Å². The molecule has 126 valence electrons. The van der Waals surface area contributed by atoms with E-state index in [9.17, 15) is 0 Å². The molecule has 2 aromatic carbocycles. The van der Waals surface area contributed by atoms with E-state index in [0.717, 1.165) is 27.8 Å². The summed E-state index contributed by atoms with van der Waals surface area (Å²) in [5, 5.41) is 0. The lowest BCUT2D eigenvalue weighted by molar-refractivity contribution is 1.12. The number of benzene rings is 2. The molecule has 2 N–H and O–H groups in total. The Bertz CT molecular complexity index is 1090. The number of nitrogens with two attached hydrogens (primary N) is 1. The number of aromatic nitrogens is 3. The molecule has 0 amide bonds. The Morgan fingerprint density at radius 2 is 1.76 bits per heavy atom. The van der Waals surface area contributed by atoms with Crippen LogP contribution >= 0.6 is 0 Å². The minimum atomic E-state index is 0.495. The highest BCUT2D eigenvalue weighted by Crippen LogP contribution is 2.36. The number of hydrogen-bond donors (Lipinski definition) is 1. The Labute approximate surface area is 146 Å². The summed E-state index contributed by atoms with van der Waals surface area (Å²) in [6.07, 6.45) is 3.55. The van der Waals surface area contributed by atoms with Gasteiger partial charge in [0.1, 0.15) is 11.3 Å². The van der Waals surface area contributed by atoms with Gasteiger partial charge in [-0.3, -0.25) is 4.40 Å². The van der Waals surface area contributed by atoms with Crippen molar-refractivity contribution in [2.45, 2.75) is 13.8 Å². The van der Waals surface area contributed by atoms with Crippen molar-refractivity contribution in [3.05, 3.63) is 54.0 Å². The molecule has 0 saturated carbocycles. The predicted octanol–water partition coefficient (Wildman–Crippen LogP) is 3.81. The van der Waals surface area contributed by atoms with Crippen molar-refractivity contribution in [3.63, 3.8) is 0 Å². The van der Waals surface area contributed by atoms with Gasteiger partial charge in [0.2, 0.25) is 0 Å². The van der Waals surface area contributed by atoms with Gasteiger partial charge < -0.3 is 10.6 Å². The molecule has 0 aliphatic rings. The van der Waals surface area contributed by atoms with Crippen LogP contribution in [-0.2, 0) is 0 Å². The van der Waals surface area contributed by atoms with Gasteiger partial charge in [-0.05, 0) is 42.7 Å². The SMILES string of the molecule is Cc1cccc(C)c1-c1cc(N(C)C)cc2c1nc(N)c1cncn12. The van der Waals surface area contributed by atoms with Crippen molar-refractivity contribution in [1.29, 1.82) is 0 Å². The number of imidazole rings is 1. The van der Waals surface area contributed by atoms with Crippen LogP contribution in [0.25, 0.3) is 27.7 Å². The molecule has 0 fully saturated rings. The number of rotatable bonds is 2. The molecular weight excluding hydrogens is 310 g/mol. The number of fused-ring (bicyclic) bond motifs is 3. The second kappa shape index (κ2) is 5.48. The highest BCUT2D eigenvalue weighted by atomic mass is 15.1. The third-order valence-corrected chi connectivity index (χ3v) is 4.73. The average Bonchev–Trinajstić information content (AvgIpc) is 3.05. The largest absolute Gasteiger partial charge is 0.382 e. The zero-order valence-electron chi connectivity index (χ0n) is 14.9. The monoisotopic (exact) mass is 331 g/mol. The van der Waals surface area contributed by atoms with Gasteiger partial charge in [-0.15, -0.1) is 0 Å². The molecule has 0 saturated heterocycles. The van der Waals surface area contributed by atoms with E-state index in [1.807, 2.05) is 18.5 Å². The van der Waals surface area contributed by atoms with E-state index in [2.05, 4.69) is 54.1 Å². The molecule has 0 unspecified atom stereocenters. The van der Waals surface area contributed by atoms with E-state index < -0.39 is 0 Å². The quantitative estimate of drug-likeness (QED) is 0.607. The molecule has 0 bridgehead atoms. The minimum Gasteiger partial charge on any atom is -0.382 e. The van der Waals surface area contributed by atoms with E-state index in [1.54, 1.807) is 12.5 Å². The molecule has 0 spiro atoms. The number of anilines is 2. The summed E-state index contributed by atoms with van der Waals surface area (Å²) in [5.41, 5.74) is 14.8. The van der Waals surface area contributed by atoms with Crippen molar-refractivity contribution < 1.29 is 0 Å². The maximum absolute atomic E-state index is 6.21. The first-order chi connectivity index (χ1) is 12.0. The molecular formula is C20H21N5. The van der Waals surface area contributed by atoms with Crippen molar-refractivity contribution >= 4 is 28.1 Å². The van der Waals surface area contributed by atoms with Crippen LogP contribution in [0.5, 0.6) is 0 Å². The molecule has 25 heavy (non-hydrogen) atoms. The van der Waals surface area contributed by atoms with E-state index in [-0.39, 0.29) is 0 Å². The van der Waals surface area contributed by atoms with Gasteiger partial charge in [-0.25, -0.2) is 9.97 Å². The topological polar surface area (TPSA) is 59.5 Å². The zero-order chi connectivity index (χ0) is 17.7. The highest BCUT2D eigenvalue weighted by molar-refractivity contribution is 5.99. The fraction of sp³-hybridized carbons (Fsp3) is 0.200. The summed E-state index contributed by atoms with van der Waals surface area (Å²) in [4.78, 5) is 11.1. The number of aryl methyl sites for hydroxylation is 2. The van der Waals surface area contributed by atoms with Crippen LogP contribution in [0, 0.1) is 13.8 Å². The first-order valence-electron chi connectivity index (χ1n) is 8.26. The number of nitrogen functional groups attached to an aromatic ring is 1. The molecule has 0 atom stereocenters. The summed E-state index contributed by atoms with van der Waals surface area (Å²) >= 11 is 0. The first-order valence-corrected chi connectivity index (χ1v) is 8.26. The van der Waals surface area contributed by atoms with Gasteiger partial charge in [0.15, 0.2) is 0 Å². The maximum atomic E-state index is 6.21. The standard InChI is InChI=1S/C20H21N5/c1-12-6-5-7-13(2)18(12)15-8-14(24(3)4)9-16-19(15)23-20(21)17-10-22-11-25(16)17/h5-11H,1-4H3,(H2,21,23). The maximum Gasteiger partial charge on any atom is 0.150 e. The fourth-order valence-corrected chi connectivity index (χ4v) is 3.45. The first kappa shape index (κ1) is 15.4. The lowest BCUT2D eigenvalue weighted by Gasteiger charge is -2.19. The molecule has 5 nitrogen and oxygen atoms in total. The lowest BCUT2D eigenvalue weighted by atomic mass is 9.94. The van der Waals surface area contributed by atoms with Crippen molar-refractivity contribution in [2.75, 3.05) is 24.7 Å². The Morgan fingerprint density at radius 1 is 1.04 bits per heavy atom. The van der Waals surface area contributed by atoms with Gasteiger partial charge in [0, 0.05) is 25.3 Å². The van der Waals surface area contributed by atoms with Gasteiger partial charge in [0.25, 0.3) is 0 Å². The zero-order valence-corrected chi connectivity index (χ0v) is 14.9. The Morgan fingerprint density at radius 3 is 2.44 bits per heavy atom. The van der Waals surface area contributed by atoms with Crippen LogP contribution < -0.4 is 10.6 Å². The summed E-state index contributed by atoms with van der Waals surface area (Å²) in [6, 6.07) is 10.7. The summed E-state index contributed by atoms with van der Waals surface area (Å²) in [7, 11) is 4.09. The van der Waals surface area contributed by atoms with Crippen molar-refractivity contribution in [2.24, 2.45) is 0 Å². The summed E-state index contributed by atoms with van der Waals surface area (Å²) in [6.45, 7) is 4.27. The molecule has 0 aliphatic carbocycles. The predicted molar refractivity (Wildman–Crippen MR) is 104 cm³/mol. The van der Waals surface area contributed by atoms with Crippen molar-refractivity contribution in [3.8, 4) is 11.1 Å². The van der Waals surface area contributed by atoms with E-state index in [0.29, 0.717) is 5.82 Å². The van der Waals surface area contributed by atoms with Crippen LogP contribution in [0.1, 0.15) is 11.1 Å². The van der Waals surface area contributed by atoms with Crippen LogP contribution in [-0.4, -0.2) is 28.5 Å². The van der Waals surface area contributed by atoms with Crippen molar-refractivity contribution in [1.82, 2.24) is 14.4 Å². The lowest BCUT2D eigenvalue weighted by Crippen LogP contribution is -2.10. The van der Waals surface area contributed by atoms with Crippen LogP contribution in [0.3, 0.4) is 0 Å². The van der Waals surface area contributed by atoms with Crippen LogP contribution in [0.4, 0.5) is 11.5 Å². The van der Waals surface area contributed by atoms with E-state index in [4.69, 9.17) is 10.7 Å². The molecule has 2 heterocycles. The third-order valence-electron chi connectivity index (χ3n) is 4.73. The molecule has 0 aliphatic heterocycles. The second-order valence-corrected chi connectivity index (χ2v) is 6.67. The normalized spacial score (nSPS) is 11.4. The molecule has 2 aromatic heterocycles. The van der Waals surface area contributed by atoms with Gasteiger partial charge in [0.05, 0.1) is 23.6 Å². The average molecular weight is 331 g/mol. The summed E-state index contributed by atoms with van der Waals surface area (Å²) in [5.74, 6) is 0.495.